The number of aromatic nitrogens is 1. The summed E-state index contributed by atoms with van der Waals surface area (Å²) >= 11 is 0. The van der Waals surface area contributed by atoms with Crippen LogP contribution >= 0.6 is 0 Å². The van der Waals surface area contributed by atoms with Crippen LogP contribution in [0.25, 0.3) is 27.8 Å². The standard InChI is InChI=1S/C27H26N2O2/c1-31-23-15-13-22(14-16-23)29-26-8-4-3-7-24(26)25(19-30)27(29)20-9-11-21(12-10-20)28-17-5-2-6-18-28/h3-4,7-16,19H,2,5-6,17-18H2,1H3. The molecule has 0 saturated carbocycles. The highest BCUT2D eigenvalue weighted by atomic mass is 16.5. The quantitative estimate of drug-likeness (QED) is 0.372. The van der Waals surface area contributed by atoms with Gasteiger partial charge in [0.15, 0.2) is 6.29 Å². The minimum atomic E-state index is 0.720. The predicted octanol–water partition coefficient (Wildman–Crippen LogP) is 6.11. The van der Waals surface area contributed by atoms with Gasteiger partial charge in [-0.15, -0.1) is 0 Å². The molecule has 1 aliphatic heterocycles. The van der Waals surface area contributed by atoms with E-state index < -0.39 is 0 Å². The molecular formula is C27H26N2O2. The Labute approximate surface area is 182 Å². The molecule has 5 rings (SSSR count). The molecule has 0 radical (unpaired) electrons. The molecule has 1 fully saturated rings. The number of ether oxygens (including phenoxy) is 1. The van der Waals surface area contributed by atoms with E-state index in [9.17, 15) is 4.79 Å². The van der Waals surface area contributed by atoms with Crippen molar-refractivity contribution in [2.24, 2.45) is 0 Å². The molecule has 0 bridgehead atoms. The number of nitrogens with zero attached hydrogens (tertiary/aromatic N) is 2. The molecule has 1 aliphatic rings. The first-order valence-corrected chi connectivity index (χ1v) is 10.9. The topological polar surface area (TPSA) is 34.5 Å². The van der Waals surface area contributed by atoms with Crippen LogP contribution in [0.15, 0.2) is 72.8 Å². The number of carbonyl (C=O) groups is 1. The Kier molecular flexibility index (Phi) is 5.21. The molecule has 0 N–H and O–H groups in total. The Morgan fingerprint density at radius 2 is 1.48 bits per heavy atom. The van der Waals surface area contributed by atoms with Crippen LogP contribution in [0.1, 0.15) is 29.6 Å². The van der Waals surface area contributed by atoms with Crippen LogP contribution in [-0.4, -0.2) is 31.1 Å². The average Bonchev–Trinajstić information content (AvgIpc) is 3.19. The summed E-state index contributed by atoms with van der Waals surface area (Å²) in [5.74, 6) is 0.809. The van der Waals surface area contributed by atoms with Gasteiger partial charge in [0.25, 0.3) is 0 Å². The zero-order valence-electron chi connectivity index (χ0n) is 17.8. The van der Waals surface area contributed by atoms with Gasteiger partial charge in [-0.1, -0.05) is 30.3 Å². The fourth-order valence-electron chi connectivity index (χ4n) is 4.65. The van der Waals surface area contributed by atoms with E-state index >= 15 is 0 Å². The van der Waals surface area contributed by atoms with Crippen molar-refractivity contribution in [1.82, 2.24) is 4.57 Å². The number of fused-ring (bicyclic) bond motifs is 1. The van der Waals surface area contributed by atoms with E-state index in [1.807, 2.05) is 42.5 Å². The Balaban J connectivity index is 1.67. The van der Waals surface area contributed by atoms with Gasteiger partial charge in [-0.25, -0.2) is 0 Å². The largest absolute Gasteiger partial charge is 0.497 e. The maximum absolute atomic E-state index is 12.2. The third-order valence-electron chi connectivity index (χ3n) is 6.22. The molecule has 1 aromatic heterocycles. The minimum Gasteiger partial charge on any atom is -0.497 e. The summed E-state index contributed by atoms with van der Waals surface area (Å²) in [4.78, 5) is 14.7. The van der Waals surface area contributed by atoms with Crippen molar-refractivity contribution in [3.05, 3.63) is 78.4 Å². The van der Waals surface area contributed by atoms with Gasteiger partial charge in [0, 0.05) is 35.4 Å². The van der Waals surface area contributed by atoms with E-state index in [2.05, 4.69) is 39.8 Å². The van der Waals surface area contributed by atoms with Crippen molar-refractivity contribution in [3.63, 3.8) is 0 Å². The molecule has 4 nitrogen and oxygen atoms in total. The van der Waals surface area contributed by atoms with Crippen molar-refractivity contribution < 1.29 is 9.53 Å². The summed E-state index contributed by atoms with van der Waals surface area (Å²) in [6.07, 6.45) is 4.81. The normalized spacial score (nSPS) is 14.0. The van der Waals surface area contributed by atoms with Crippen LogP contribution in [0.2, 0.25) is 0 Å². The van der Waals surface area contributed by atoms with Crippen LogP contribution in [-0.2, 0) is 0 Å². The minimum absolute atomic E-state index is 0.720. The Morgan fingerprint density at radius 1 is 0.806 bits per heavy atom. The van der Waals surface area contributed by atoms with E-state index in [4.69, 9.17) is 4.74 Å². The van der Waals surface area contributed by atoms with Gasteiger partial charge >= 0.3 is 0 Å². The fourth-order valence-corrected chi connectivity index (χ4v) is 4.65. The molecule has 0 atom stereocenters. The summed E-state index contributed by atoms with van der Waals surface area (Å²) < 4.78 is 7.51. The molecule has 0 amide bonds. The first-order chi connectivity index (χ1) is 15.3. The zero-order valence-corrected chi connectivity index (χ0v) is 17.8. The molecule has 0 aliphatic carbocycles. The maximum Gasteiger partial charge on any atom is 0.152 e. The van der Waals surface area contributed by atoms with Gasteiger partial charge in [-0.2, -0.15) is 0 Å². The smallest absolute Gasteiger partial charge is 0.152 e. The highest BCUT2D eigenvalue weighted by Gasteiger charge is 2.20. The number of para-hydroxylation sites is 1. The second-order valence-electron chi connectivity index (χ2n) is 8.03. The van der Waals surface area contributed by atoms with Gasteiger partial charge in [-0.3, -0.25) is 4.79 Å². The summed E-state index contributed by atoms with van der Waals surface area (Å²) in [5.41, 5.74) is 5.95. The molecule has 0 spiro atoms. The molecule has 2 heterocycles. The molecule has 4 heteroatoms. The predicted molar refractivity (Wildman–Crippen MR) is 127 cm³/mol. The molecular weight excluding hydrogens is 384 g/mol. The second kappa shape index (κ2) is 8.31. The van der Waals surface area contributed by atoms with E-state index in [0.29, 0.717) is 0 Å². The molecule has 3 aromatic carbocycles. The number of carbonyl (C=O) groups excluding carboxylic acids is 1. The summed E-state index contributed by atoms with van der Waals surface area (Å²) in [5, 5.41) is 0.962. The highest BCUT2D eigenvalue weighted by molar-refractivity contribution is 6.06. The first-order valence-electron chi connectivity index (χ1n) is 10.9. The first kappa shape index (κ1) is 19.4. The van der Waals surface area contributed by atoms with Crippen molar-refractivity contribution in [2.75, 3.05) is 25.1 Å². The lowest BCUT2D eigenvalue weighted by molar-refractivity contribution is 0.112. The Hall–Kier alpha value is -3.53. The number of hydrogen-bond donors (Lipinski definition) is 0. The molecule has 1 saturated heterocycles. The van der Waals surface area contributed by atoms with E-state index in [1.165, 1.54) is 24.9 Å². The summed E-state index contributed by atoms with van der Waals surface area (Å²) in [6, 6.07) is 24.7. The fraction of sp³-hybridized carbons (Fsp3) is 0.222. The zero-order chi connectivity index (χ0) is 21.2. The Morgan fingerprint density at radius 3 is 2.16 bits per heavy atom. The number of aldehydes is 1. The van der Waals surface area contributed by atoms with Crippen LogP contribution in [0, 0.1) is 0 Å². The van der Waals surface area contributed by atoms with Crippen LogP contribution < -0.4 is 9.64 Å². The van der Waals surface area contributed by atoms with Crippen molar-refractivity contribution in [3.8, 4) is 22.7 Å². The lowest BCUT2D eigenvalue weighted by Gasteiger charge is -2.29. The maximum atomic E-state index is 12.2. The van der Waals surface area contributed by atoms with Gasteiger partial charge in [0.2, 0.25) is 0 Å². The summed E-state index contributed by atoms with van der Waals surface area (Å²) in [7, 11) is 1.67. The SMILES string of the molecule is COc1ccc(-n2c(-c3ccc(N4CCCCC4)cc3)c(C=O)c3ccccc32)cc1. The van der Waals surface area contributed by atoms with Crippen molar-refractivity contribution in [1.29, 1.82) is 0 Å². The average molecular weight is 411 g/mol. The summed E-state index contributed by atoms with van der Waals surface area (Å²) in [6.45, 7) is 2.23. The van der Waals surface area contributed by atoms with Crippen LogP contribution in [0.5, 0.6) is 5.75 Å². The van der Waals surface area contributed by atoms with Crippen LogP contribution in [0.3, 0.4) is 0 Å². The third-order valence-corrected chi connectivity index (χ3v) is 6.22. The number of methoxy groups -OCH3 is 1. The molecule has 0 unspecified atom stereocenters. The lowest BCUT2D eigenvalue weighted by atomic mass is 10.0. The monoisotopic (exact) mass is 410 g/mol. The Bertz CT molecular complexity index is 1200. The molecule has 31 heavy (non-hydrogen) atoms. The van der Waals surface area contributed by atoms with E-state index in [-0.39, 0.29) is 0 Å². The molecule has 4 aromatic rings. The number of hydrogen-bond acceptors (Lipinski definition) is 3. The second-order valence-corrected chi connectivity index (χ2v) is 8.03. The third kappa shape index (κ3) is 3.48. The lowest BCUT2D eigenvalue weighted by Crippen LogP contribution is -2.29. The van der Waals surface area contributed by atoms with Gasteiger partial charge in [0.05, 0.1) is 18.3 Å². The van der Waals surface area contributed by atoms with E-state index in [0.717, 1.165) is 58.5 Å². The molecule has 156 valence electrons. The van der Waals surface area contributed by atoms with Gasteiger partial charge < -0.3 is 14.2 Å². The number of rotatable bonds is 5. The van der Waals surface area contributed by atoms with Crippen LogP contribution in [0.4, 0.5) is 5.69 Å². The van der Waals surface area contributed by atoms with Gasteiger partial charge in [-0.05, 0) is 67.3 Å². The number of benzene rings is 3. The van der Waals surface area contributed by atoms with E-state index in [1.54, 1.807) is 7.11 Å². The number of piperidine rings is 1. The van der Waals surface area contributed by atoms with Gasteiger partial charge in [0.1, 0.15) is 5.75 Å². The highest BCUT2D eigenvalue weighted by Crippen LogP contribution is 2.36. The van der Waals surface area contributed by atoms with Crippen molar-refractivity contribution in [2.45, 2.75) is 19.3 Å². The number of anilines is 1. The van der Waals surface area contributed by atoms with Crippen molar-refractivity contribution >= 4 is 22.9 Å².